The highest BCUT2D eigenvalue weighted by Crippen LogP contribution is 2.18. The molecule has 0 aliphatic heterocycles. The maximum Gasteiger partial charge on any atom is 0.247 e. The number of carbonyl (C=O) groups excluding carboxylic acids is 1. The van der Waals surface area contributed by atoms with E-state index in [4.69, 9.17) is 4.42 Å². The normalized spacial score (nSPS) is 12.1. The van der Waals surface area contributed by atoms with E-state index in [-0.39, 0.29) is 18.5 Å². The number of likely N-dealkylation sites (N-methyl/N-ethyl adjacent to an activating group) is 1. The van der Waals surface area contributed by atoms with Gasteiger partial charge in [0.2, 0.25) is 17.7 Å². The molecule has 118 valence electrons. The number of aromatic nitrogens is 4. The van der Waals surface area contributed by atoms with Crippen molar-refractivity contribution < 1.29 is 9.21 Å². The van der Waals surface area contributed by atoms with E-state index in [1.807, 2.05) is 37.3 Å². The Morgan fingerprint density at radius 1 is 1.30 bits per heavy atom. The summed E-state index contributed by atoms with van der Waals surface area (Å²) < 4.78 is 7.38. The van der Waals surface area contributed by atoms with Crippen molar-refractivity contribution in [3.05, 3.63) is 54.9 Å². The second-order valence-corrected chi connectivity index (χ2v) is 5.25. The topological polar surface area (TPSA) is 77.0 Å². The van der Waals surface area contributed by atoms with Gasteiger partial charge in [-0.05, 0) is 19.1 Å². The fourth-order valence-corrected chi connectivity index (χ4v) is 2.24. The molecule has 1 aromatic carbocycles. The molecular formula is C16H17N5O2. The maximum absolute atomic E-state index is 12.4. The zero-order chi connectivity index (χ0) is 16.2. The van der Waals surface area contributed by atoms with Gasteiger partial charge in [0.25, 0.3) is 0 Å². The van der Waals surface area contributed by atoms with Gasteiger partial charge in [0.15, 0.2) is 0 Å². The zero-order valence-electron chi connectivity index (χ0n) is 13.0. The summed E-state index contributed by atoms with van der Waals surface area (Å²) in [5, 5.41) is 8.03. The Morgan fingerprint density at radius 2 is 2.09 bits per heavy atom. The molecule has 0 aliphatic rings. The fraction of sp³-hybridized carbons (Fsp3) is 0.250. The van der Waals surface area contributed by atoms with Gasteiger partial charge in [-0.2, -0.15) is 0 Å². The molecule has 2 heterocycles. The van der Waals surface area contributed by atoms with E-state index in [1.54, 1.807) is 35.2 Å². The number of amides is 1. The Balaban J connectivity index is 1.67. The number of carbonyl (C=O) groups is 1. The first-order valence-electron chi connectivity index (χ1n) is 7.25. The third-order valence-corrected chi connectivity index (χ3v) is 3.57. The van der Waals surface area contributed by atoms with Crippen LogP contribution in [0.1, 0.15) is 18.9 Å². The summed E-state index contributed by atoms with van der Waals surface area (Å²) in [6, 6.07) is 9.19. The van der Waals surface area contributed by atoms with Gasteiger partial charge in [-0.15, -0.1) is 10.2 Å². The van der Waals surface area contributed by atoms with Crippen molar-refractivity contribution in [3.8, 4) is 11.5 Å². The van der Waals surface area contributed by atoms with E-state index in [1.165, 1.54) is 0 Å². The molecule has 0 radical (unpaired) electrons. The molecule has 0 bridgehead atoms. The number of benzene rings is 1. The van der Waals surface area contributed by atoms with Gasteiger partial charge in [0.1, 0.15) is 6.04 Å². The van der Waals surface area contributed by atoms with Crippen LogP contribution in [0, 0.1) is 0 Å². The first kappa shape index (κ1) is 15.0. The summed E-state index contributed by atoms with van der Waals surface area (Å²) in [5.41, 5.74) is 0.854. The molecule has 0 N–H and O–H groups in total. The highest BCUT2D eigenvalue weighted by atomic mass is 16.4. The van der Waals surface area contributed by atoms with Crippen LogP contribution in [0.4, 0.5) is 0 Å². The van der Waals surface area contributed by atoms with E-state index in [0.29, 0.717) is 11.8 Å². The van der Waals surface area contributed by atoms with E-state index in [2.05, 4.69) is 15.2 Å². The Bertz CT molecular complexity index is 767. The molecule has 1 amide bonds. The third kappa shape index (κ3) is 3.28. The molecule has 3 aromatic rings. The Morgan fingerprint density at radius 3 is 2.78 bits per heavy atom. The Kier molecular flexibility index (Phi) is 4.18. The summed E-state index contributed by atoms with van der Waals surface area (Å²) in [6.45, 7) is 2.08. The predicted octanol–water partition coefficient (Wildman–Crippen LogP) is 2.15. The van der Waals surface area contributed by atoms with Gasteiger partial charge in [-0.1, -0.05) is 18.2 Å². The lowest BCUT2D eigenvalue weighted by molar-refractivity contribution is -0.133. The van der Waals surface area contributed by atoms with Crippen molar-refractivity contribution in [1.82, 2.24) is 24.6 Å². The molecule has 2 aromatic heterocycles. The van der Waals surface area contributed by atoms with Crippen molar-refractivity contribution in [3.63, 3.8) is 0 Å². The van der Waals surface area contributed by atoms with Crippen molar-refractivity contribution in [1.29, 1.82) is 0 Å². The highest BCUT2D eigenvalue weighted by Gasteiger charge is 2.20. The second-order valence-electron chi connectivity index (χ2n) is 5.25. The summed E-state index contributed by atoms with van der Waals surface area (Å²) in [6.07, 6.45) is 5.03. The van der Waals surface area contributed by atoms with Crippen LogP contribution in [0.3, 0.4) is 0 Å². The molecule has 7 nitrogen and oxygen atoms in total. The van der Waals surface area contributed by atoms with Gasteiger partial charge in [-0.25, -0.2) is 4.98 Å². The van der Waals surface area contributed by atoms with Crippen molar-refractivity contribution >= 4 is 5.91 Å². The SMILES string of the molecule is CC(C(=O)N(C)Cc1nnc(-c2ccccc2)o1)n1ccnc1. The van der Waals surface area contributed by atoms with E-state index in [9.17, 15) is 4.79 Å². The number of nitrogens with zero attached hydrogens (tertiary/aromatic N) is 5. The van der Waals surface area contributed by atoms with Crippen LogP contribution in [-0.2, 0) is 11.3 Å². The van der Waals surface area contributed by atoms with Crippen LogP contribution in [-0.4, -0.2) is 37.6 Å². The molecule has 0 saturated carbocycles. The second kappa shape index (κ2) is 6.43. The molecule has 0 saturated heterocycles. The molecule has 0 aliphatic carbocycles. The quantitative estimate of drug-likeness (QED) is 0.721. The monoisotopic (exact) mass is 311 g/mol. The van der Waals surface area contributed by atoms with Gasteiger partial charge < -0.3 is 13.9 Å². The minimum Gasteiger partial charge on any atom is -0.419 e. The summed E-state index contributed by atoms with van der Waals surface area (Å²) in [4.78, 5) is 17.9. The molecule has 3 rings (SSSR count). The number of imidazole rings is 1. The maximum atomic E-state index is 12.4. The Hall–Kier alpha value is -2.96. The fourth-order valence-electron chi connectivity index (χ4n) is 2.24. The lowest BCUT2D eigenvalue weighted by Gasteiger charge is -2.20. The van der Waals surface area contributed by atoms with Crippen LogP contribution in [0.2, 0.25) is 0 Å². The molecular weight excluding hydrogens is 294 g/mol. The largest absolute Gasteiger partial charge is 0.419 e. The zero-order valence-corrected chi connectivity index (χ0v) is 13.0. The van der Waals surface area contributed by atoms with Gasteiger partial charge >= 0.3 is 0 Å². The standard InChI is InChI=1S/C16H17N5O2/c1-12(21-9-8-17-11-21)16(22)20(2)10-14-18-19-15(23-14)13-6-4-3-5-7-13/h3-9,11-12H,10H2,1-2H3. The molecule has 0 spiro atoms. The Labute approximate surface area is 133 Å². The van der Waals surface area contributed by atoms with E-state index < -0.39 is 0 Å². The van der Waals surface area contributed by atoms with Gasteiger partial charge in [0, 0.05) is 25.0 Å². The number of rotatable bonds is 5. The van der Waals surface area contributed by atoms with Crippen LogP contribution in [0.5, 0.6) is 0 Å². The molecule has 1 unspecified atom stereocenters. The van der Waals surface area contributed by atoms with E-state index >= 15 is 0 Å². The van der Waals surface area contributed by atoms with Crippen LogP contribution < -0.4 is 0 Å². The first-order valence-corrected chi connectivity index (χ1v) is 7.25. The van der Waals surface area contributed by atoms with Crippen molar-refractivity contribution in [2.45, 2.75) is 19.5 Å². The van der Waals surface area contributed by atoms with Crippen LogP contribution >= 0.6 is 0 Å². The smallest absolute Gasteiger partial charge is 0.247 e. The molecule has 7 heteroatoms. The van der Waals surface area contributed by atoms with Crippen LogP contribution in [0.15, 0.2) is 53.5 Å². The minimum atomic E-state index is -0.334. The molecule has 23 heavy (non-hydrogen) atoms. The average Bonchev–Trinajstić information content (AvgIpc) is 3.26. The number of hydrogen-bond acceptors (Lipinski definition) is 5. The predicted molar refractivity (Wildman–Crippen MR) is 83.1 cm³/mol. The van der Waals surface area contributed by atoms with Crippen LogP contribution in [0.25, 0.3) is 11.5 Å². The number of hydrogen-bond donors (Lipinski definition) is 0. The average molecular weight is 311 g/mol. The lowest BCUT2D eigenvalue weighted by Crippen LogP contribution is -2.32. The van der Waals surface area contributed by atoms with Gasteiger partial charge in [0.05, 0.1) is 12.9 Å². The summed E-state index contributed by atoms with van der Waals surface area (Å²) >= 11 is 0. The minimum absolute atomic E-state index is 0.0533. The highest BCUT2D eigenvalue weighted by molar-refractivity contribution is 5.79. The van der Waals surface area contributed by atoms with Gasteiger partial charge in [-0.3, -0.25) is 4.79 Å². The summed E-state index contributed by atoms with van der Waals surface area (Å²) in [5.74, 6) is 0.795. The van der Waals surface area contributed by atoms with Crippen molar-refractivity contribution in [2.75, 3.05) is 7.05 Å². The van der Waals surface area contributed by atoms with Crippen molar-refractivity contribution in [2.24, 2.45) is 0 Å². The lowest BCUT2D eigenvalue weighted by atomic mass is 10.2. The molecule has 0 fully saturated rings. The first-order chi connectivity index (χ1) is 11.1. The third-order valence-electron chi connectivity index (χ3n) is 3.57. The molecule has 1 atom stereocenters. The summed E-state index contributed by atoms with van der Waals surface area (Å²) in [7, 11) is 1.71. The van der Waals surface area contributed by atoms with E-state index in [0.717, 1.165) is 5.56 Å².